The van der Waals surface area contributed by atoms with Crippen molar-refractivity contribution in [2.75, 3.05) is 4.90 Å². The fourth-order valence-corrected chi connectivity index (χ4v) is 2.58. The summed E-state index contributed by atoms with van der Waals surface area (Å²) in [5.41, 5.74) is 6.82. The summed E-state index contributed by atoms with van der Waals surface area (Å²) in [5.74, 6) is -0.262. The van der Waals surface area contributed by atoms with E-state index in [2.05, 4.69) is 13.8 Å². The second-order valence-corrected chi connectivity index (χ2v) is 5.58. The molecule has 0 spiro atoms. The lowest BCUT2D eigenvalue weighted by Crippen LogP contribution is -2.44. The monoisotopic (exact) mass is 294 g/mol. The number of rotatable bonds is 8. The first-order valence-corrected chi connectivity index (χ1v) is 7.86. The first-order chi connectivity index (χ1) is 10.0. The van der Waals surface area contributed by atoms with Crippen molar-refractivity contribution in [3.8, 4) is 0 Å². The van der Waals surface area contributed by atoms with Crippen LogP contribution in [-0.4, -0.2) is 12.1 Å². The van der Waals surface area contributed by atoms with Crippen LogP contribution in [0.3, 0.4) is 0 Å². The number of nitrogens with zero attached hydrogens (tertiary/aromatic N) is 1. The molecule has 0 saturated carbocycles. The molecule has 2 amide bonds. The van der Waals surface area contributed by atoms with E-state index in [9.17, 15) is 9.18 Å². The van der Waals surface area contributed by atoms with Gasteiger partial charge in [0.25, 0.3) is 0 Å². The van der Waals surface area contributed by atoms with E-state index in [-0.39, 0.29) is 11.9 Å². The van der Waals surface area contributed by atoms with Gasteiger partial charge in [0, 0.05) is 11.7 Å². The van der Waals surface area contributed by atoms with Crippen LogP contribution in [-0.2, 0) is 0 Å². The summed E-state index contributed by atoms with van der Waals surface area (Å²) in [6.07, 6.45) is 6.12. The Morgan fingerprint density at radius 3 is 2.24 bits per heavy atom. The molecule has 1 aromatic carbocycles. The molecule has 0 aliphatic carbocycles. The van der Waals surface area contributed by atoms with Gasteiger partial charge < -0.3 is 5.73 Å². The average molecular weight is 294 g/mol. The van der Waals surface area contributed by atoms with Gasteiger partial charge in [0.1, 0.15) is 5.82 Å². The van der Waals surface area contributed by atoms with Crippen LogP contribution in [0.15, 0.2) is 18.2 Å². The van der Waals surface area contributed by atoms with Crippen molar-refractivity contribution in [3.63, 3.8) is 0 Å². The predicted octanol–water partition coefficient (Wildman–Crippen LogP) is 4.77. The molecule has 4 heteroatoms. The van der Waals surface area contributed by atoms with E-state index in [1.54, 1.807) is 24.0 Å². The summed E-state index contributed by atoms with van der Waals surface area (Å²) in [4.78, 5) is 13.6. The third-order valence-corrected chi connectivity index (χ3v) is 3.80. The molecule has 0 atom stereocenters. The zero-order valence-electron chi connectivity index (χ0n) is 13.4. The molecular formula is C17H27FN2O. The van der Waals surface area contributed by atoms with Crippen molar-refractivity contribution >= 4 is 11.7 Å². The number of benzene rings is 1. The first-order valence-electron chi connectivity index (χ1n) is 7.86. The lowest BCUT2D eigenvalue weighted by Gasteiger charge is -2.31. The van der Waals surface area contributed by atoms with Gasteiger partial charge in [-0.3, -0.25) is 4.90 Å². The maximum atomic E-state index is 13.4. The largest absolute Gasteiger partial charge is 0.351 e. The highest BCUT2D eigenvalue weighted by Crippen LogP contribution is 2.25. The van der Waals surface area contributed by atoms with Crippen LogP contribution in [0, 0.1) is 12.7 Å². The lowest BCUT2D eigenvalue weighted by molar-refractivity contribution is 0.250. The second-order valence-electron chi connectivity index (χ2n) is 5.58. The second kappa shape index (κ2) is 8.65. The number of amides is 2. The summed E-state index contributed by atoms with van der Waals surface area (Å²) in [6.45, 7) is 5.96. The molecular weight excluding hydrogens is 267 g/mol. The number of hydrogen-bond donors (Lipinski definition) is 1. The Bertz CT molecular complexity index is 454. The number of unbranched alkanes of at least 4 members (excludes halogenated alkanes) is 2. The maximum Gasteiger partial charge on any atom is 0.319 e. The SMILES string of the molecule is CCCCC(CCCC)N(C(N)=O)c1ccc(F)c(C)c1. The number of halogens is 1. The molecule has 1 aromatic rings. The van der Waals surface area contributed by atoms with Gasteiger partial charge in [-0.25, -0.2) is 9.18 Å². The Morgan fingerprint density at radius 1 is 1.24 bits per heavy atom. The van der Waals surface area contributed by atoms with Gasteiger partial charge in [0.15, 0.2) is 0 Å². The van der Waals surface area contributed by atoms with E-state index in [0.717, 1.165) is 38.5 Å². The highest BCUT2D eigenvalue weighted by atomic mass is 19.1. The molecule has 0 radical (unpaired) electrons. The molecule has 0 heterocycles. The molecule has 0 aliphatic rings. The summed E-state index contributed by atoms with van der Waals surface area (Å²) >= 11 is 0. The number of anilines is 1. The van der Waals surface area contributed by atoms with Crippen LogP contribution in [0.1, 0.15) is 57.9 Å². The number of urea groups is 1. The standard InChI is InChI=1S/C17H27FN2O/c1-4-6-8-14(9-7-5-2)20(17(19)21)15-10-11-16(18)13(3)12-15/h10-12,14H,4-9H2,1-3H3,(H2,19,21). The smallest absolute Gasteiger partial charge is 0.319 e. The third-order valence-electron chi connectivity index (χ3n) is 3.80. The van der Waals surface area contributed by atoms with E-state index in [1.165, 1.54) is 6.07 Å². The minimum Gasteiger partial charge on any atom is -0.351 e. The van der Waals surface area contributed by atoms with Gasteiger partial charge in [0.2, 0.25) is 0 Å². The normalized spacial score (nSPS) is 10.9. The summed E-state index contributed by atoms with van der Waals surface area (Å²) in [5, 5.41) is 0. The summed E-state index contributed by atoms with van der Waals surface area (Å²) < 4.78 is 13.4. The molecule has 2 N–H and O–H groups in total. The Hall–Kier alpha value is -1.58. The van der Waals surface area contributed by atoms with Crippen molar-refractivity contribution in [2.24, 2.45) is 5.73 Å². The average Bonchev–Trinajstić information content (AvgIpc) is 2.45. The van der Waals surface area contributed by atoms with E-state index >= 15 is 0 Å². The topological polar surface area (TPSA) is 46.3 Å². The molecule has 0 fully saturated rings. The lowest BCUT2D eigenvalue weighted by atomic mass is 10.0. The number of nitrogens with two attached hydrogens (primary N) is 1. The fourth-order valence-electron chi connectivity index (χ4n) is 2.58. The van der Waals surface area contributed by atoms with Crippen molar-refractivity contribution in [3.05, 3.63) is 29.6 Å². The minimum absolute atomic E-state index is 0.0901. The number of carbonyl (C=O) groups is 1. The van der Waals surface area contributed by atoms with Gasteiger partial charge >= 0.3 is 6.03 Å². The molecule has 0 bridgehead atoms. The molecule has 0 unspecified atom stereocenters. The molecule has 1 rings (SSSR count). The van der Waals surface area contributed by atoms with E-state index in [0.29, 0.717) is 11.3 Å². The zero-order valence-corrected chi connectivity index (χ0v) is 13.4. The molecule has 0 aromatic heterocycles. The maximum absolute atomic E-state index is 13.4. The Labute approximate surface area is 127 Å². The van der Waals surface area contributed by atoms with Crippen LogP contribution in [0.4, 0.5) is 14.9 Å². The third kappa shape index (κ3) is 5.03. The Kier molecular flexibility index (Phi) is 7.20. The van der Waals surface area contributed by atoms with Gasteiger partial charge in [-0.15, -0.1) is 0 Å². The Morgan fingerprint density at radius 2 is 1.81 bits per heavy atom. The predicted molar refractivity (Wildman–Crippen MR) is 86.0 cm³/mol. The number of carbonyl (C=O) groups excluding carboxylic acids is 1. The molecule has 0 aliphatic heterocycles. The highest BCUT2D eigenvalue weighted by Gasteiger charge is 2.23. The fraction of sp³-hybridized carbons (Fsp3) is 0.588. The zero-order chi connectivity index (χ0) is 15.8. The van der Waals surface area contributed by atoms with Crippen LogP contribution in [0.2, 0.25) is 0 Å². The van der Waals surface area contributed by atoms with Crippen LogP contribution in [0.25, 0.3) is 0 Å². The Balaban J connectivity index is 3.04. The number of primary amides is 1. The van der Waals surface area contributed by atoms with Crippen LogP contribution < -0.4 is 10.6 Å². The van der Waals surface area contributed by atoms with Gasteiger partial charge in [-0.05, 0) is 43.5 Å². The first kappa shape index (κ1) is 17.5. The van der Waals surface area contributed by atoms with Crippen molar-refractivity contribution < 1.29 is 9.18 Å². The van der Waals surface area contributed by atoms with Gasteiger partial charge in [0.05, 0.1) is 0 Å². The highest BCUT2D eigenvalue weighted by molar-refractivity contribution is 5.91. The van der Waals surface area contributed by atoms with Crippen LogP contribution in [0.5, 0.6) is 0 Å². The summed E-state index contributed by atoms with van der Waals surface area (Å²) in [7, 11) is 0. The van der Waals surface area contributed by atoms with Gasteiger partial charge in [-0.1, -0.05) is 39.5 Å². The van der Waals surface area contributed by atoms with Crippen molar-refractivity contribution in [1.82, 2.24) is 0 Å². The van der Waals surface area contributed by atoms with Gasteiger partial charge in [-0.2, -0.15) is 0 Å². The molecule has 21 heavy (non-hydrogen) atoms. The van der Waals surface area contributed by atoms with Crippen molar-refractivity contribution in [2.45, 2.75) is 65.3 Å². The molecule has 118 valence electrons. The van der Waals surface area contributed by atoms with Crippen molar-refractivity contribution in [1.29, 1.82) is 0 Å². The van der Waals surface area contributed by atoms with E-state index in [4.69, 9.17) is 5.73 Å². The molecule has 3 nitrogen and oxygen atoms in total. The van der Waals surface area contributed by atoms with Crippen LogP contribution >= 0.6 is 0 Å². The minimum atomic E-state index is -0.460. The van der Waals surface area contributed by atoms with E-state index < -0.39 is 6.03 Å². The summed E-state index contributed by atoms with van der Waals surface area (Å²) in [6, 6.07) is 4.37. The number of aryl methyl sites for hydroxylation is 1. The van der Waals surface area contributed by atoms with E-state index in [1.807, 2.05) is 0 Å². The molecule has 0 saturated heterocycles. The number of hydrogen-bond acceptors (Lipinski definition) is 1. The quantitative estimate of drug-likeness (QED) is 0.737.